The minimum Gasteiger partial charge on any atom is -0.355 e. The number of nitrogens with one attached hydrogen (secondary N) is 1. The first-order valence-electron chi connectivity index (χ1n) is 10.7. The van der Waals surface area contributed by atoms with Crippen molar-refractivity contribution in [1.29, 1.82) is 0 Å². The highest BCUT2D eigenvalue weighted by Crippen LogP contribution is 2.34. The van der Waals surface area contributed by atoms with E-state index in [9.17, 15) is 21.6 Å². The summed E-state index contributed by atoms with van der Waals surface area (Å²) in [6.07, 6.45) is 0.00943. The first kappa shape index (κ1) is 24.3. The predicted molar refractivity (Wildman–Crippen MR) is 125 cm³/mol. The summed E-state index contributed by atoms with van der Waals surface area (Å²) in [5.74, 6) is 0.827. The van der Waals surface area contributed by atoms with Crippen molar-refractivity contribution in [2.24, 2.45) is 0 Å². The normalized spacial score (nSPS) is 15.1. The molecule has 1 aromatic heterocycles. The number of alkyl halides is 3. The van der Waals surface area contributed by atoms with Gasteiger partial charge < -0.3 is 4.90 Å². The zero-order chi connectivity index (χ0) is 24.3. The summed E-state index contributed by atoms with van der Waals surface area (Å²) in [6, 6.07) is 12.2. The second kappa shape index (κ2) is 9.79. The van der Waals surface area contributed by atoms with Crippen molar-refractivity contribution < 1.29 is 21.6 Å². The van der Waals surface area contributed by atoms with Gasteiger partial charge in [-0.05, 0) is 55.3 Å². The molecule has 11 heteroatoms. The van der Waals surface area contributed by atoms with Crippen LogP contribution < -0.4 is 9.62 Å². The van der Waals surface area contributed by atoms with Gasteiger partial charge in [0.05, 0.1) is 16.3 Å². The van der Waals surface area contributed by atoms with E-state index < -0.39 is 26.7 Å². The third-order valence-corrected chi connectivity index (χ3v) is 7.42. The van der Waals surface area contributed by atoms with Crippen LogP contribution in [0.2, 0.25) is 5.02 Å². The van der Waals surface area contributed by atoms with Crippen molar-refractivity contribution in [3.63, 3.8) is 0 Å². The third kappa shape index (κ3) is 5.61. The van der Waals surface area contributed by atoms with Crippen LogP contribution in [0, 0.1) is 0 Å². The summed E-state index contributed by atoms with van der Waals surface area (Å²) in [5.41, 5.74) is 0.407. The molecule has 0 unspecified atom stereocenters. The SMILES string of the molecule is O=S(=O)(Nc1ccc(-c2ccc(N3CCCCCC3)nn2)cc1)c1cc(C(F)(F)F)ccc1Cl. The quantitative estimate of drug-likeness (QED) is 0.456. The molecule has 3 aromatic rings. The Morgan fingerprint density at radius 3 is 2.15 bits per heavy atom. The molecule has 1 aliphatic heterocycles. The van der Waals surface area contributed by atoms with Gasteiger partial charge in [-0.15, -0.1) is 10.2 Å². The average molecular weight is 511 g/mol. The van der Waals surface area contributed by atoms with E-state index in [0.717, 1.165) is 49.4 Å². The van der Waals surface area contributed by atoms with E-state index in [1.54, 1.807) is 12.1 Å². The molecule has 34 heavy (non-hydrogen) atoms. The largest absolute Gasteiger partial charge is 0.416 e. The Balaban J connectivity index is 1.50. The highest BCUT2D eigenvalue weighted by atomic mass is 35.5. The molecule has 0 spiro atoms. The van der Waals surface area contributed by atoms with Crippen LogP contribution in [0.15, 0.2) is 59.5 Å². The zero-order valence-electron chi connectivity index (χ0n) is 18.0. The van der Waals surface area contributed by atoms with Crippen LogP contribution >= 0.6 is 11.6 Å². The number of benzene rings is 2. The van der Waals surface area contributed by atoms with Crippen LogP contribution in [0.1, 0.15) is 31.2 Å². The van der Waals surface area contributed by atoms with Gasteiger partial charge in [-0.1, -0.05) is 36.6 Å². The van der Waals surface area contributed by atoms with Crippen LogP contribution in [0.25, 0.3) is 11.3 Å². The number of anilines is 2. The molecule has 0 bridgehead atoms. The summed E-state index contributed by atoms with van der Waals surface area (Å²) in [5, 5.41) is 8.33. The van der Waals surface area contributed by atoms with Gasteiger partial charge in [0.1, 0.15) is 4.90 Å². The fraction of sp³-hybridized carbons (Fsp3) is 0.304. The third-order valence-electron chi connectivity index (χ3n) is 5.56. The first-order chi connectivity index (χ1) is 16.1. The van der Waals surface area contributed by atoms with E-state index in [1.165, 1.54) is 25.0 Å². The molecule has 1 N–H and O–H groups in total. The molecule has 2 aromatic carbocycles. The monoisotopic (exact) mass is 510 g/mol. The molecule has 0 amide bonds. The molecule has 0 saturated carbocycles. The van der Waals surface area contributed by atoms with Gasteiger partial charge in [0.25, 0.3) is 10.0 Å². The Kier molecular flexibility index (Phi) is 6.99. The Labute approximate surface area is 200 Å². The molecular weight excluding hydrogens is 489 g/mol. The van der Waals surface area contributed by atoms with Gasteiger partial charge >= 0.3 is 6.18 Å². The van der Waals surface area contributed by atoms with Crippen molar-refractivity contribution in [3.05, 3.63) is 65.2 Å². The summed E-state index contributed by atoms with van der Waals surface area (Å²) in [6.45, 7) is 1.91. The number of hydrogen-bond donors (Lipinski definition) is 1. The lowest BCUT2D eigenvalue weighted by molar-refractivity contribution is -0.137. The molecule has 180 valence electrons. The van der Waals surface area contributed by atoms with E-state index in [1.807, 2.05) is 12.1 Å². The lowest BCUT2D eigenvalue weighted by Crippen LogP contribution is -2.25. The summed E-state index contributed by atoms with van der Waals surface area (Å²) >= 11 is 5.88. The summed E-state index contributed by atoms with van der Waals surface area (Å²) in [7, 11) is -4.34. The van der Waals surface area contributed by atoms with E-state index in [4.69, 9.17) is 11.6 Å². The van der Waals surface area contributed by atoms with Gasteiger partial charge in [0.2, 0.25) is 0 Å². The molecule has 1 saturated heterocycles. The lowest BCUT2D eigenvalue weighted by Gasteiger charge is -2.20. The first-order valence-corrected chi connectivity index (χ1v) is 12.6. The van der Waals surface area contributed by atoms with E-state index >= 15 is 0 Å². The predicted octanol–water partition coefficient (Wildman–Crippen LogP) is 6.00. The Hall–Kier alpha value is -2.85. The number of aromatic nitrogens is 2. The molecule has 1 fully saturated rings. The highest BCUT2D eigenvalue weighted by Gasteiger charge is 2.32. The minimum atomic E-state index is -4.69. The maximum atomic E-state index is 13.0. The second-order valence-electron chi connectivity index (χ2n) is 8.00. The number of rotatable bonds is 5. The number of hydrogen-bond acceptors (Lipinski definition) is 5. The maximum absolute atomic E-state index is 13.0. The van der Waals surface area contributed by atoms with Crippen LogP contribution in [0.3, 0.4) is 0 Å². The van der Waals surface area contributed by atoms with Crippen molar-refractivity contribution >= 4 is 33.1 Å². The maximum Gasteiger partial charge on any atom is 0.416 e. The zero-order valence-corrected chi connectivity index (χ0v) is 19.6. The fourth-order valence-corrected chi connectivity index (χ4v) is 5.34. The van der Waals surface area contributed by atoms with Gasteiger partial charge in [-0.3, -0.25) is 4.72 Å². The van der Waals surface area contributed by atoms with Gasteiger partial charge in [-0.2, -0.15) is 13.2 Å². The minimum absolute atomic E-state index is 0.173. The molecule has 2 heterocycles. The van der Waals surface area contributed by atoms with Crippen molar-refractivity contribution in [1.82, 2.24) is 10.2 Å². The van der Waals surface area contributed by atoms with Gasteiger partial charge in [0.15, 0.2) is 5.82 Å². The lowest BCUT2D eigenvalue weighted by atomic mass is 10.1. The fourth-order valence-electron chi connectivity index (χ4n) is 3.75. The van der Waals surface area contributed by atoms with Gasteiger partial charge in [-0.25, -0.2) is 8.42 Å². The van der Waals surface area contributed by atoms with Crippen molar-refractivity contribution in [2.45, 2.75) is 36.8 Å². The van der Waals surface area contributed by atoms with Crippen LogP contribution in [-0.2, 0) is 16.2 Å². The smallest absolute Gasteiger partial charge is 0.355 e. The Morgan fingerprint density at radius 2 is 1.56 bits per heavy atom. The Morgan fingerprint density at radius 1 is 0.882 bits per heavy atom. The Bertz CT molecular complexity index is 1240. The van der Waals surface area contributed by atoms with Crippen LogP contribution in [0.5, 0.6) is 0 Å². The molecule has 1 aliphatic rings. The molecule has 0 atom stereocenters. The molecule has 0 radical (unpaired) electrons. The van der Waals surface area contributed by atoms with Crippen molar-refractivity contribution in [2.75, 3.05) is 22.7 Å². The summed E-state index contributed by atoms with van der Waals surface area (Å²) < 4.78 is 66.6. The van der Waals surface area contributed by atoms with Crippen LogP contribution in [0.4, 0.5) is 24.7 Å². The molecule has 0 aliphatic carbocycles. The standard InChI is InChI=1S/C23H22ClF3N4O2S/c24-19-10-7-17(23(25,26)27)15-21(19)34(32,33)30-18-8-5-16(6-9-18)20-11-12-22(29-28-20)31-13-3-1-2-4-14-31/h5-12,15,30H,1-4,13-14H2. The molecule has 6 nitrogen and oxygen atoms in total. The summed E-state index contributed by atoms with van der Waals surface area (Å²) in [4.78, 5) is 1.57. The molecular formula is C23H22ClF3N4O2S. The van der Waals surface area contributed by atoms with E-state index in [2.05, 4.69) is 19.8 Å². The molecule has 4 rings (SSSR count). The van der Waals surface area contributed by atoms with E-state index in [0.29, 0.717) is 11.8 Å². The highest BCUT2D eigenvalue weighted by molar-refractivity contribution is 7.92. The number of halogens is 4. The van der Waals surface area contributed by atoms with Crippen LogP contribution in [-0.4, -0.2) is 31.7 Å². The van der Waals surface area contributed by atoms with Crippen molar-refractivity contribution in [3.8, 4) is 11.3 Å². The topological polar surface area (TPSA) is 75.2 Å². The average Bonchev–Trinajstić information content (AvgIpc) is 3.08. The second-order valence-corrected chi connectivity index (χ2v) is 10.1. The number of sulfonamides is 1. The van der Waals surface area contributed by atoms with E-state index in [-0.39, 0.29) is 10.7 Å². The van der Waals surface area contributed by atoms with Gasteiger partial charge in [0, 0.05) is 24.3 Å². The number of nitrogens with zero attached hydrogens (tertiary/aromatic N) is 3.